The summed E-state index contributed by atoms with van der Waals surface area (Å²) in [5.74, 6) is -0.551. The van der Waals surface area contributed by atoms with E-state index in [1.54, 1.807) is 0 Å². The molecule has 12 heteroatoms. The zero-order valence-corrected chi connectivity index (χ0v) is 14.9. The molecule has 0 aromatic carbocycles. The Morgan fingerprint density at radius 1 is 0.926 bits per heavy atom. The lowest BCUT2D eigenvalue weighted by molar-refractivity contribution is -0.344. The zero-order chi connectivity index (χ0) is 20.3. The first-order chi connectivity index (χ1) is 12.7. The SMILES string of the molecule is CO[C@H]1O[C@H](CO)[C@@H](O[C@@H]2O[C@H](CO)[C@@H](O)[C@H](O)[C@@H]2NC(C)=O)[C@H](O)[C@H]1O. The van der Waals surface area contributed by atoms with Gasteiger partial charge < -0.3 is 54.9 Å². The van der Waals surface area contributed by atoms with Gasteiger partial charge in [0.05, 0.1) is 13.2 Å². The molecule has 2 saturated heterocycles. The van der Waals surface area contributed by atoms with Crippen LogP contribution in [0.1, 0.15) is 6.92 Å². The van der Waals surface area contributed by atoms with Gasteiger partial charge in [0.2, 0.25) is 5.91 Å². The summed E-state index contributed by atoms with van der Waals surface area (Å²) in [6.07, 6.45) is -12.4. The van der Waals surface area contributed by atoms with Crippen LogP contribution in [0, 0.1) is 0 Å². The number of hydrogen-bond acceptors (Lipinski definition) is 11. The lowest BCUT2D eigenvalue weighted by atomic mass is 9.95. The van der Waals surface area contributed by atoms with Crippen molar-refractivity contribution < 1.29 is 54.4 Å². The Morgan fingerprint density at radius 3 is 2.04 bits per heavy atom. The van der Waals surface area contributed by atoms with E-state index < -0.39 is 80.5 Å². The molecule has 2 rings (SSSR count). The molecule has 0 radical (unpaired) electrons. The van der Waals surface area contributed by atoms with Crippen LogP contribution in [0.15, 0.2) is 0 Å². The van der Waals surface area contributed by atoms with Crippen molar-refractivity contribution in [1.29, 1.82) is 0 Å². The average molecular weight is 397 g/mol. The summed E-state index contributed by atoms with van der Waals surface area (Å²) in [7, 11) is 1.25. The third-order valence-corrected chi connectivity index (χ3v) is 4.59. The third-order valence-electron chi connectivity index (χ3n) is 4.59. The van der Waals surface area contributed by atoms with Crippen LogP contribution in [0.4, 0.5) is 0 Å². The number of nitrogens with one attached hydrogen (secondary N) is 1. The highest BCUT2D eigenvalue weighted by atomic mass is 16.7. The normalized spacial score (nSPS) is 45.5. The second-order valence-electron chi connectivity index (χ2n) is 6.48. The van der Waals surface area contributed by atoms with E-state index in [0.29, 0.717) is 0 Å². The number of rotatable bonds is 6. The Balaban J connectivity index is 2.22. The standard InChI is InChI=1S/C15H27NO11/c1-5(19)16-8-10(21)9(20)6(3-17)25-14(8)27-13-7(4-18)26-15(24-2)12(23)11(13)22/h6-15,17-18,20-23H,3-4H2,1-2H3,(H,16,19)/t6-,7-,8+,9-,10-,11-,12-,13-,14+,15+/m1/s1. The fourth-order valence-corrected chi connectivity index (χ4v) is 3.16. The van der Waals surface area contributed by atoms with Crippen LogP contribution in [0.2, 0.25) is 0 Å². The summed E-state index contributed by atoms with van der Waals surface area (Å²) in [4.78, 5) is 11.4. The van der Waals surface area contributed by atoms with E-state index in [0.717, 1.165) is 0 Å². The van der Waals surface area contributed by atoms with E-state index >= 15 is 0 Å². The molecule has 2 heterocycles. The molecule has 0 aliphatic carbocycles. The number of methoxy groups -OCH3 is 1. The minimum atomic E-state index is -1.56. The highest BCUT2D eigenvalue weighted by Crippen LogP contribution is 2.29. The number of carbonyl (C=O) groups is 1. The molecule has 2 fully saturated rings. The van der Waals surface area contributed by atoms with Crippen molar-refractivity contribution >= 4 is 5.91 Å². The van der Waals surface area contributed by atoms with Crippen molar-refractivity contribution in [1.82, 2.24) is 5.32 Å². The molecule has 0 spiro atoms. The number of carbonyl (C=O) groups excluding carboxylic acids is 1. The van der Waals surface area contributed by atoms with E-state index in [1.807, 2.05) is 0 Å². The number of amides is 1. The molecular formula is C15H27NO11. The van der Waals surface area contributed by atoms with Gasteiger partial charge in [0, 0.05) is 14.0 Å². The molecule has 158 valence electrons. The number of ether oxygens (including phenoxy) is 4. The first-order valence-corrected chi connectivity index (χ1v) is 8.45. The lowest BCUT2D eigenvalue weighted by Gasteiger charge is -2.46. The molecule has 12 nitrogen and oxygen atoms in total. The molecule has 0 aromatic rings. The van der Waals surface area contributed by atoms with Gasteiger partial charge in [0.25, 0.3) is 0 Å². The minimum Gasteiger partial charge on any atom is -0.394 e. The number of aliphatic hydroxyl groups excluding tert-OH is 6. The number of hydrogen-bond donors (Lipinski definition) is 7. The van der Waals surface area contributed by atoms with Crippen LogP contribution >= 0.6 is 0 Å². The fraction of sp³-hybridized carbons (Fsp3) is 0.933. The summed E-state index contributed by atoms with van der Waals surface area (Å²) in [6.45, 7) is -0.0663. The van der Waals surface area contributed by atoms with Crippen molar-refractivity contribution in [3.05, 3.63) is 0 Å². The van der Waals surface area contributed by atoms with Crippen molar-refractivity contribution in [3.8, 4) is 0 Å². The molecule has 27 heavy (non-hydrogen) atoms. The first kappa shape index (κ1) is 22.4. The van der Waals surface area contributed by atoms with Crippen molar-refractivity contribution in [3.63, 3.8) is 0 Å². The maximum atomic E-state index is 11.4. The molecule has 0 saturated carbocycles. The molecule has 2 aliphatic rings. The predicted molar refractivity (Wildman–Crippen MR) is 85.0 cm³/mol. The molecule has 10 atom stereocenters. The van der Waals surface area contributed by atoms with Crippen LogP contribution in [0.25, 0.3) is 0 Å². The second kappa shape index (κ2) is 9.52. The fourth-order valence-electron chi connectivity index (χ4n) is 3.16. The zero-order valence-electron chi connectivity index (χ0n) is 14.9. The van der Waals surface area contributed by atoms with E-state index in [1.165, 1.54) is 14.0 Å². The summed E-state index contributed by atoms with van der Waals surface area (Å²) < 4.78 is 21.2. The molecule has 0 bridgehead atoms. The quantitative estimate of drug-likeness (QED) is 0.228. The Labute approximate surface area is 155 Å². The molecule has 0 aromatic heterocycles. The summed E-state index contributed by atoms with van der Waals surface area (Å²) in [6, 6.07) is -1.25. The largest absolute Gasteiger partial charge is 0.394 e. The highest BCUT2D eigenvalue weighted by Gasteiger charge is 2.51. The van der Waals surface area contributed by atoms with E-state index in [9.17, 15) is 35.4 Å². The monoisotopic (exact) mass is 397 g/mol. The smallest absolute Gasteiger partial charge is 0.217 e. The van der Waals surface area contributed by atoms with Gasteiger partial charge in [-0.3, -0.25) is 4.79 Å². The van der Waals surface area contributed by atoms with Crippen LogP contribution < -0.4 is 5.32 Å². The maximum absolute atomic E-state index is 11.4. The Bertz CT molecular complexity index is 492. The van der Waals surface area contributed by atoms with Gasteiger partial charge in [-0.2, -0.15) is 0 Å². The van der Waals surface area contributed by atoms with Gasteiger partial charge in [-0.1, -0.05) is 0 Å². The summed E-state index contributed by atoms with van der Waals surface area (Å²) >= 11 is 0. The molecule has 1 amide bonds. The van der Waals surface area contributed by atoms with Gasteiger partial charge >= 0.3 is 0 Å². The van der Waals surface area contributed by atoms with Gasteiger partial charge in [0.1, 0.15) is 48.8 Å². The average Bonchev–Trinajstić information content (AvgIpc) is 2.64. The Morgan fingerprint density at radius 2 is 1.52 bits per heavy atom. The van der Waals surface area contributed by atoms with Crippen molar-refractivity contribution in [2.45, 2.75) is 68.3 Å². The second-order valence-corrected chi connectivity index (χ2v) is 6.48. The summed E-state index contributed by atoms with van der Waals surface area (Å²) in [5.41, 5.74) is 0. The highest BCUT2D eigenvalue weighted by molar-refractivity contribution is 5.73. The van der Waals surface area contributed by atoms with Crippen molar-refractivity contribution in [2.75, 3.05) is 20.3 Å². The van der Waals surface area contributed by atoms with Crippen LogP contribution in [0.3, 0.4) is 0 Å². The lowest BCUT2D eigenvalue weighted by Crippen LogP contribution is -2.67. The van der Waals surface area contributed by atoms with Gasteiger partial charge in [0.15, 0.2) is 12.6 Å². The Kier molecular flexibility index (Phi) is 7.88. The molecule has 2 aliphatic heterocycles. The molecular weight excluding hydrogens is 370 g/mol. The Hall–Kier alpha value is -0.930. The van der Waals surface area contributed by atoms with E-state index in [2.05, 4.69) is 5.32 Å². The maximum Gasteiger partial charge on any atom is 0.217 e. The van der Waals surface area contributed by atoms with Crippen molar-refractivity contribution in [2.24, 2.45) is 0 Å². The van der Waals surface area contributed by atoms with E-state index in [-0.39, 0.29) is 0 Å². The minimum absolute atomic E-state index is 0.551. The predicted octanol–water partition coefficient (Wildman–Crippen LogP) is -4.60. The number of aliphatic hydroxyl groups is 6. The third kappa shape index (κ3) is 4.74. The van der Waals surface area contributed by atoms with Gasteiger partial charge in [-0.25, -0.2) is 0 Å². The van der Waals surface area contributed by atoms with Gasteiger partial charge in [-0.05, 0) is 0 Å². The molecule has 0 unspecified atom stereocenters. The topological polar surface area (TPSA) is 187 Å². The van der Waals surface area contributed by atoms with Crippen LogP contribution in [0.5, 0.6) is 0 Å². The van der Waals surface area contributed by atoms with Gasteiger partial charge in [-0.15, -0.1) is 0 Å². The van der Waals surface area contributed by atoms with Crippen LogP contribution in [-0.2, 0) is 23.7 Å². The van der Waals surface area contributed by atoms with Crippen LogP contribution in [-0.4, -0.2) is 118 Å². The first-order valence-electron chi connectivity index (χ1n) is 8.45. The summed E-state index contributed by atoms with van der Waals surface area (Å²) in [5, 5.41) is 61.8. The molecule has 7 N–H and O–H groups in total. The van der Waals surface area contributed by atoms with E-state index in [4.69, 9.17) is 18.9 Å².